The number of benzene rings is 1. The highest BCUT2D eigenvalue weighted by molar-refractivity contribution is 7.99. The molecule has 0 bridgehead atoms. The van der Waals surface area contributed by atoms with Crippen LogP contribution >= 0.6 is 24.2 Å². The molecule has 0 aromatic heterocycles. The fourth-order valence-electron chi connectivity index (χ4n) is 2.72. The molecule has 1 saturated carbocycles. The molecule has 1 amide bonds. The van der Waals surface area contributed by atoms with Crippen molar-refractivity contribution in [1.29, 1.82) is 0 Å². The molecule has 1 fully saturated rings. The van der Waals surface area contributed by atoms with Crippen LogP contribution < -0.4 is 11.1 Å². The summed E-state index contributed by atoms with van der Waals surface area (Å²) in [6, 6.07) is 6.94. The number of carbonyl (C=O) groups excluding carboxylic acids is 1. The second-order valence-corrected chi connectivity index (χ2v) is 9.98. The average Bonchev–Trinajstić information content (AvgIpc) is 3.03. The molecule has 3 N–H and O–H groups in total. The molecule has 5 nitrogen and oxygen atoms in total. The van der Waals surface area contributed by atoms with Gasteiger partial charge in [0.25, 0.3) is 0 Å². The minimum absolute atomic E-state index is 0. The molecule has 25 heavy (non-hydrogen) atoms. The molecule has 0 aliphatic heterocycles. The first-order valence-electron chi connectivity index (χ1n) is 8.28. The van der Waals surface area contributed by atoms with E-state index in [2.05, 4.69) is 11.4 Å². The van der Waals surface area contributed by atoms with E-state index in [1.54, 1.807) is 0 Å². The van der Waals surface area contributed by atoms with Crippen LogP contribution in [0.25, 0.3) is 0 Å². The van der Waals surface area contributed by atoms with E-state index in [0.717, 1.165) is 17.3 Å². The fourth-order valence-corrected chi connectivity index (χ4v) is 4.67. The third-order valence-electron chi connectivity index (χ3n) is 4.12. The molecule has 1 atom stereocenters. The smallest absolute Gasteiger partial charge is 0.241 e. The van der Waals surface area contributed by atoms with Crippen LogP contribution in [0.1, 0.15) is 37.7 Å². The summed E-state index contributed by atoms with van der Waals surface area (Å²) in [5, 5.41) is 3.54. The van der Waals surface area contributed by atoms with Crippen molar-refractivity contribution in [3.05, 3.63) is 29.8 Å². The van der Waals surface area contributed by atoms with E-state index in [1.807, 2.05) is 30.0 Å². The first-order chi connectivity index (χ1) is 11.3. The standard InChI is InChI=1S/C17H26N2O3S2.ClH/c1-24(21,22)10-9-16(18)17(20)19-14-6-4-5-13(11-14)12-23-15-7-2-3-8-15;/h4-6,11,15-16H,2-3,7-10,12,18H2,1H3,(H,19,20);1H. The Morgan fingerprint density at radius 3 is 2.68 bits per heavy atom. The Bertz CT molecular complexity index is 662. The Labute approximate surface area is 160 Å². The summed E-state index contributed by atoms with van der Waals surface area (Å²) in [6.07, 6.45) is 6.54. The van der Waals surface area contributed by atoms with Crippen LogP contribution in [0.3, 0.4) is 0 Å². The van der Waals surface area contributed by atoms with Gasteiger partial charge in [-0.3, -0.25) is 4.79 Å². The van der Waals surface area contributed by atoms with Gasteiger partial charge in [-0.25, -0.2) is 8.42 Å². The van der Waals surface area contributed by atoms with Crippen molar-refractivity contribution in [3.63, 3.8) is 0 Å². The quantitative estimate of drug-likeness (QED) is 0.692. The number of hydrogen-bond acceptors (Lipinski definition) is 5. The van der Waals surface area contributed by atoms with Crippen LogP contribution in [0, 0.1) is 0 Å². The number of sulfone groups is 1. The zero-order chi connectivity index (χ0) is 17.6. The average molecular weight is 407 g/mol. The molecule has 0 heterocycles. The highest BCUT2D eigenvalue weighted by atomic mass is 35.5. The monoisotopic (exact) mass is 406 g/mol. The van der Waals surface area contributed by atoms with Crippen LogP contribution in [0.4, 0.5) is 5.69 Å². The molecular weight excluding hydrogens is 380 g/mol. The first-order valence-corrected chi connectivity index (χ1v) is 11.4. The van der Waals surface area contributed by atoms with E-state index in [4.69, 9.17) is 5.73 Å². The highest BCUT2D eigenvalue weighted by Gasteiger charge is 2.17. The molecule has 1 unspecified atom stereocenters. The van der Waals surface area contributed by atoms with Gasteiger partial charge in [-0.1, -0.05) is 25.0 Å². The normalized spacial score (nSPS) is 16.2. The van der Waals surface area contributed by atoms with Gasteiger partial charge in [0.1, 0.15) is 9.84 Å². The summed E-state index contributed by atoms with van der Waals surface area (Å²) in [4.78, 5) is 12.1. The summed E-state index contributed by atoms with van der Waals surface area (Å²) < 4.78 is 22.3. The van der Waals surface area contributed by atoms with E-state index in [-0.39, 0.29) is 30.5 Å². The lowest BCUT2D eigenvalue weighted by atomic mass is 10.2. The second kappa shape index (κ2) is 10.4. The Balaban J connectivity index is 0.00000312. The molecule has 142 valence electrons. The van der Waals surface area contributed by atoms with Crippen molar-refractivity contribution >= 4 is 45.6 Å². The minimum Gasteiger partial charge on any atom is -0.325 e. The highest BCUT2D eigenvalue weighted by Crippen LogP contribution is 2.31. The van der Waals surface area contributed by atoms with E-state index < -0.39 is 15.9 Å². The molecule has 1 aromatic rings. The van der Waals surface area contributed by atoms with Crippen molar-refractivity contribution in [3.8, 4) is 0 Å². The zero-order valence-corrected chi connectivity index (χ0v) is 16.9. The number of carbonyl (C=O) groups is 1. The van der Waals surface area contributed by atoms with E-state index >= 15 is 0 Å². The van der Waals surface area contributed by atoms with Crippen molar-refractivity contribution in [2.24, 2.45) is 5.73 Å². The van der Waals surface area contributed by atoms with Gasteiger partial charge in [0.05, 0.1) is 11.8 Å². The maximum atomic E-state index is 12.1. The van der Waals surface area contributed by atoms with Crippen LogP contribution in [0.5, 0.6) is 0 Å². The molecule has 0 spiro atoms. The van der Waals surface area contributed by atoms with Crippen molar-refractivity contribution < 1.29 is 13.2 Å². The molecule has 0 radical (unpaired) electrons. The Kier molecular flexibility index (Phi) is 9.27. The van der Waals surface area contributed by atoms with Gasteiger partial charge >= 0.3 is 0 Å². The summed E-state index contributed by atoms with van der Waals surface area (Å²) in [6.45, 7) is 0. The van der Waals surface area contributed by atoms with Gasteiger partial charge in [-0.15, -0.1) is 12.4 Å². The predicted octanol–water partition coefficient (Wildman–Crippen LogP) is 2.98. The number of nitrogens with two attached hydrogens (primary N) is 1. The lowest BCUT2D eigenvalue weighted by Crippen LogP contribution is -2.37. The van der Waals surface area contributed by atoms with Gasteiger partial charge in [0.2, 0.25) is 5.91 Å². The first kappa shape index (κ1) is 22.3. The number of halogens is 1. The lowest BCUT2D eigenvalue weighted by molar-refractivity contribution is -0.117. The van der Waals surface area contributed by atoms with Crippen LogP contribution in [-0.4, -0.2) is 37.6 Å². The lowest BCUT2D eigenvalue weighted by Gasteiger charge is -2.13. The number of amides is 1. The van der Waals surface area contributed by atoms with Gasteiger partial charge in [0, 0.05) is 22.9 Å². The molecule has 1 aromatic carbocycles. The van der Waals surface area contributed by atoms with E-state index in [1.165, 1.54) is 31.2 Å². The van der Waals surface area contributed by atoms with E-state index in [9.17, 15) is 13.2 Å². The van der Waals surface area contributed by atoms with Gasteiger partial charge in [-0.2, -0.15) is 11.8 Å². The van der Waals surface area contributed by atoms with Crippen LogP contribution in [0.15, 0.2) is 24.3 Å². The number of nitrogens with one attached hydrogen (secondary N) is 1. The number of hydrogen-bond donors (Lipinski definition) is 2. The summed E-state index contributed by atoms with van der Waals surface area (Å²) >= 11 is 1.98. The fraction of sp³-hybridized carbons (Fsp3) is 0.588. The molecule has 8 heteroatoms. The number of rotatable bonds is 8. The van der Waals surface area contributed by atoms with E-state index in [0.29, 0.717) is 5.69 Å². The van der Waals surface area contributed by atoms with Crippen molar-refractivity contribution in [1.82, 2.24) is 0 Å². The van der Waals surface area contributed by atoms with Gasteiger partial charge < -0.3 is 11.1 Å². The second-order valence-electron chi connectivity index (χ2n) is 6.43. The van der Waals surface area contributed by atoms with Crippen molar-refractivity contribution in [2.75, 3.05) is 17.3 Å². The van der Waals surface area contributed by atoms with Crippen molar-refractivity contribution in [2.45, 2.75) is 49.1 Å². The maximum Gasteiger partial charge on any atom is 0.241 e. The number of thioether (sulfide) groups is 1. The molecule has 1 aliphatic rings. The van der Waals surface area contributed by atoms with Gasteiger partial charge in [-0.05, 0) is 37.0 Å². The largest absolute Gasteiger partial charge is 0.325 e. The Morgan fingerprint density at radius 1 is 1.36 bits per heavy atom. The predicted molar refractivity (Wildman–Crippen MR) is 108 cm³/mol. The third kappa shape index (κ3) is 8.44. The number of anilines is 1. The zero-order valence-electron chi connectivity index (χ0n) is 14.4. The van der Waals surface area contributed by atoms with Crippen LogP contribution in [0.2, 0.25) is 0 Å². The minimum atomic E-state index is -3.11. The summed E-state index contributed by atoms with van der Waals surface area (Å²) in [5.41, 5.74) is 7.65. The maximum absolute atomic E-state index is 12.1. The third-order valence-corrected chi connectivity index (χ3v) is 6.54. The van der Waals surface area contributed by atoms with Crippen LogP contribution in [-0.2, 0) is 20.4 Å². The summed E-state index contributed by atoms with van der Waals surface area (Å²) in [7, 11) is -3.11. The Morgan fingerprint density at radius 2 is 2.04 bits per heavy atom. The molecule has 2 rings (SSSR count). The Hall–Kier alpha value is -0.760. The molecule has 0 saturated heterocycles. The summed E-state index contributed by atoms with van der Waals surface area (Å²) in [5.74, 6) is 0.507. The topological polar surface area (TPSA) is 89.3 Å². The SMILES string of the molecule is CS(=O)(=O)CCC(N)C(=O)Nc1cccc(CSC2CCCC2)c1.Cl. The molecular formula is C17H27ClN2O3S2. The molecule has 1 aliphatic carbocycles. The van der Waals surface area contributed by atoms with Gasteiger partial charge in [0.15, 0.2) is 0 Å².